The fourth-order valence-electron chi connectivity index (χ4n) is 2.70. The van der Waals surface area contributed by atoms with Gasteiger partial charge in [0.2, 0.25) is 0 Å². The van der Waals surface area contributed by atoms with Crippen LogP contribution in [0.3, 0.4) is 0 Å². The van der Waals surface area contributed by atoms with Crippen LogP contribution in [-0.2, 0) is 6.18 Å². The first-order chi connectivity index (χ1) is 13.3. The highest BCUT2D eigenvalue weighted by Gasteiger charge is 2.33. The summed E-state index contributed by atoms with van der Waals surface area (Å²) in [4.78, 5) is 20.6. The fraction of sp³-hybridized carbons (Fsp3) is 0.111. The molecule has 0 spiro atoms. The summed E-state index contributed by atoms with van der Waals surface area (Å²) in [7, 11) is 0. The van der Waals surface area contributed by atoms with Crippen molar-refractivity contribution in [2.45, 2.75) is 13.1 Å². The molecular weight excluding hydrogens is 391 g/mol. The number of aryl methyl sites for hydroxylation is 1. The van der Waals surface area contributed by atoms with Crippen molar-refractivity contribution in [1.29, 1.82) is 0 Å². The SMILES string of the molecule is Cc1nc(C(=O)Nc2cnc3ccc(-c4ccccc4C(F)(F)F)nn23)cs1. The van der Waals surface area contributed by atoms with Gasteiger partial charge in [0.05, 0.1) is 22.5 Å². The number of thiazole rings is 1. The average molecular weight is 403 g/mol. The maximum atomic E-state index is 13.3. The van der Waals surface area contributed by atoms with Gasteiger partial charge in [-0.3, -0.25) is 4.79 Å². The number of hydrogen-bond acceptors (Lipinski definition) is 5. The van der Waals surface area contributed by atoms with Crippen LogP contribution in [0.5, 0.6) is 0 Å². The van der Waals surface area contributed by atoms with E-state index < -0.39 is 17.6 Å². The number of imidazole rings is 1. The molecular formula is C18H12F3N5OS. The van der Waals surface area contributed by atoms with Gasteiger partial charge >= 0.3 is 6.18 Å². The summed E-state index contributed by atoms with van der Waals surface area (Å²) in [5, 5.41) is 9.25. The molecule has 0 aliphatic heterocycles. The predicted octanol–water partition coefficient (Wildman–Crippen LogP) is 4.43. The molecule has 6 nitrogen and oxygen atoms in total. The van der Waals surface area contributed by atoms with E-state index in [-0.39, 0.29) is 22.8 Å². The molecule has 0 bridgehead atoms. The number of anilines is 1. The molecule has 0 fully saturated rings. The van der Waals surface area contributed by atoms with Crippen LogP contribution < -0.4 is 5.32 Å². The molecule has 1 amide bonds. The van der Waals surface area contributed by atoms with Crippen molar-refractivity contribution in [2.24, 2.45) is 0 Å². The molecule has 10 heteroatoms. The van der Waals surface area contributed by atoms with Gasteiger partial charge < -0.3 is 5.32 Å². The monoisotopic (exact) mass is 403 g/mol. The van der Waals surface area contributed by atoms with Crippen molar-refractivity contribution in [2.75, 3.05) is 5.32 Å². The second-order valence-corrected chi connectivity index (χ2v) is 6.94. The molecule has 0 atom stereocenters. The number of halogens is 3. The average Bonchev–Trinajstić information content (AvgIpc) is 3.27. The standard InChI is InChI=1S/C18H12F3N5OS/c1-10-23-14(9-28-10)17(27)24-16-8-22-15-7-6-13(25-26(15)16)11-4-2-3-5-12(11)18(19,20)21/h2-9H,1H3,(H,24,27). The summed E-state index contributed by atoms with van der Waals surface area (Å²) in [6.45, 7) is 1.78. The van der Waals surface area contributed by atoms with Gasteiger partial charge in [-0.05, 0) is 25.1 Å². The van der Waals surface area contributed by atoms with Crippen molar-refractivity contribution in [3.05, 3.63) is 64.2 Å². The van der Waals surface area contributed by atoms with Crippen molar-refractivity contribution >= 4 is 28.7 Å². The van der Waals surface area contributed by atoms with Gasteiger partial charge in [-0.25, -0.2) is 9.97 Å². The number of nitrogens with zero attached hydrogens (tertiary/aromatic N) is 4. The van der Waals surface area contributed by atoms with E-state index >= 15 is 0 Å². The maximum absolute atomic E-state index is 13.3. The van der Waals surface area contributed by atoms with Crippen LogP contribution in [0.15, 0.2) is 48.0 Å². The molecule has 1 N–H and O–H groups in total. The minimum absolute atomic E-state index is 0.0574. The van der Waals surface area contributed by atoms with E-state index in [9.17, 15) is 18.0 Å². The van der Waals surface area contributed by atoms with Gasteiger partial charge in [0.1, 0.15) is 5.69 Å². The highest BCUT2D eigenvalue weighted by molar-refractivity contribution is 7.09. The molecule has 0 saturated heterocycles. The van der Waals surface area contributed by atoms with Crippen LogP contribution in [0, 0.1) is 6.92 Å². The Morgan fingerprint density at radius 2 is 1.96 bits per heavy atom. The first kappa shape index (κ1) is 18.1. The zero-order valence-corrected chi connectivity index (χ0v) is 15.2. The third kappa shape index (κ3) is 3.33. The van der Waals surface area contributed by atoms with Gasteiger partial charge in [0.15, 0.2) is 11.5 Å². The number of rotatable bonds is 3. The van der Waals surface area contributed by atoms with Crippen LogP contribution in [0.2, 0.25) is 0 Å². The smallest absolute Gasteiger partial charge is 0.304 e. The number of alkyl halides is 3. The minimum Gasteiger partial charge on any atom is -0.304 e. The maximum Gasteiger partial charge on any atom is 0.417 e. The molecule has 0 aliphatic carbocycles. The van der Waals surface area contributed by atoms with Crippen molar-refractivity contribution < 1.29 is 18.0 Å². The predicted molar refractivity (Wildman–Crippen MR) is 98.2 cm³/mol. The lowest BCUT2D eigenvalue weighted by molar-refractivity contribution is -0.137. The fourth-order valence-corrected chi connectivity index (χ4v) is 3.30. The topological polar surface area (TPSA) is 72.2 Å². The molecule has 28 heavy (non-hydrogen) atoms. The zero-order valence-electron chi connectivity index (χ0n) is 14.4. The highest BCUT2D eigenvalue weighted by Crippen LogP contribution is 2.36. The lowest BCUT2D eigenvalue weighted by Gasteiger charge is -2.12. The van der Waals surface area contributed by atoms with Crippen molar-refractivity contribution in [3.63, 3.8) is 0 Å². The Kier molecular flexibility index (Phi) is 4.34. The van der Waals surface area contributed by atoms with E-state index in [1.54, 1.807) is 12.3 Å². The van der Waals surface area contributed by atoms with Crippen LogP contribution in [0.25, 0.3) is 16.9 Å². The summed E-state index contributed by atoms with van der Waals surface area (Å²) >= 11 is 1.34. The zero-order chi connectivity index (χ0) is 19.9. The van der Waals surface area contributed by atoms with E-state index in [4.69, 9.17) is 0 Å². The largest absolute Gasteiger partial charge is 0.417 e. The quantitative estimate of drug-likeness (QED) is 0.549. The Bertz CT molecular complexity index is 1180. The number of carbonyl (C=O) groups is 1. The molecule has 4 rings (SSSR count). The van der Waals surface area contributed by atoms with E-state index in [2.05, 4.69) is 20.4 Å². The summed E-state index contributed by atoms with van der Waals surface area (Å²) in [5.74, 6) is -0.217. The third-order valence-corrected chi connectivity index (χ3v) is 4.74. The summed E-state index contributed by atoms with van der Waals surface area (Å²) in [6.07, 6.45) is -3.12. The van der Waals surface area contributed by atoms with Crippen LogP contribution >= 0.6 is 11.3 Å². The normalized spacial score (nSPS) is 11.7. The number of benzene rings is 1. The molecule has 0 unspecified atom stereocenters. The van der Waals surface area contributed by atoms with Crippen molar-refractivity contribution in [1.82, 2.24) is 19.6 Å². The first-order valence-electron chi connectivity index (χ1n) is 8.08. The molecule has 0 radical (unpaired) electrons. The van der Waals surface area contributed by atoms with Crippen molar-refractivity contribution in [3.8, 4) is 11.3 Å². The summed E-state index contributed by atoms with van der Waals surface area (Å²) in [6, 6.07) is 8.19. The van der Waals surface area contributed by atoms with E-state index in [1.807, 2.05) is 0 Å². The van der Waals surface area contributed by atoms with Crippen LogP contribution in [-0.4, -0.2) is 25.5 Å². The number of hydrogen-bond donors (Lipinski definition) is 1. The molecule has 3 aromatic heterocycles. The Hall–Kier alpha value is -3.27. The lowest BCUT2D eigenvalue weighted by atomic mass is 10.0. The number of carbonyl (C=O) groups excluding carboxylic acids is 1. The molecule has 0 saturated carbocycles. The van der Waals surface area contributed by atoms with Gasteiger partial charge in [0, 0.05) is 10.9 Å². The van der Waals surface area contributed by atoms with Crippen LogP contribution in [0.1, 0.15) is 21.1 Å². The number of aromatic nitrogens is 4. The van der Waals surface area contributed by atoms with Gasteiger partial charge in [0.25, 0.3) is 5.91 Å². The minimum atomic E-state index is -4.51. The Labute approximate surface area is 160 Å². The van der Waals surface area contributed by atoms with E-state index in [0.717, 1.165) is 11.1 Å². The number of amides is 1. The number of nitrogens with one attached hydrogen (secondary N) is 1. The highest BCUT2D eigenvalue weighted by atomic mass is 32.1. The van der Waals surface area contributed by atoms with Gasteiger partial charge in [-0.1, -0.05) is 18.2 Å². The molecule has 4 aromatic rings. The number of fused-ring (bicyclic) bond motifs is 1. The van der Waals surface area contributed by atoms with Gasteiger partial charge in [-0.15, -0.1) is 11.3 Å². The molecule has 1 aromatic carbocycles. The second-order valence-electron chi connectivity index (χ2n) is 5.88. The summed E-state index contributed by atoms with van der Waals surface area (Å²) < 4.78 is 41.2. The molecule has 3 heterocycles. The molecule has 0 aliphatic rings. The van der Waals surface area contributed by atoms with Gasteiger partial charge in [-0.2, -0.15) is 22.8 Å². The van der Waals surface area contributed by atoms with E-state index in [0.29, 0.717) is 5.65 Å². The Morgan fingerprint density at radius 3 is 2.68 bits per heavy atom. The second kappa shape index (κ2) is 6.71. The first-order valence-corrected chi connectivity index (χ1v) is 8.96. The van der Waals surface area contributed by atoms with Crippen LogP contribution in [0.4, 0.5) is 19.0 Å². The third-order valence-electron chi connectivity index (χ3n) is 3.96. The Morgan fingerprint density at radius 1 is 1.18 bits per heavy atom. The lowest BCUT2D eigenvalue weighted by Crippen LogP contribution is -2.14. The molecule has 142 valence electrons. The Balaban J connectivity index is 1.74. The summed E-state index contributed by atoms with van der Waals surface area (Å²) in [5.41, 5.74) is -0.101. The van der Waals surface area contributed by atoms with E-state index in [1.165, 1.54) is 52.4 Å².